The Bertz CT molecular complexity index is 525. The van der Waals surface area contributed by atoms with E-state index in [9.17, 15) is 4.79 Å². The summed E-state index contributed by atoms with van der Waals surface area (Å²) in [6.07, 6.45) is 0.810. The van der Waals surface area contributed by atoms with Gasteiger partial charge in [0.2, 0.25) is 0 Å². The minimum Gasteiger partial charge on any atom is -0.481 e. The van der Waals surface area contributed by atoms with Crippen LogP contribution in [0.3, 0.4) is 0 Å². The van der Waals surface area contributed by atoms with Crippen LogP contribution in [-0.2, 0) is 27.5 Å². The van der Waals surface area contributed by atoms with Gasteiger partial charge in [-0.2, -0.15) is 0 Å². The Labute approximate surface area is 136 Å². The van der Waals surface area contributed by atoms with Gasteiger partial charge in [-0.3, -0.25) is 4.79 Å². The fourth-order valence-corrected chi connectivity index (χ4v) is 2.16. The second-order valence-corrected chi connectivity index (χ2v) is 5.31. The molecule has 0 aromatic heterocycles. The van der Waals surface area contributed by atoms with Crippen LogP contribution in [0, 0.1) is 0 Å². The van der Waals surface area contributed by atoms with Crippen LogP contribution in [0.2, 0.25) is 0 Å². The Morgan fingerprint density at radius 3 is 1.78 bits per heavy atom. The smallest absolute Gasteiger partial charge is 0.303 e. The summed E-state index contributed by atoms with van der Waals surface area (Å²) in [6, 6.07) is 19.7. The summed E-state index contributed by atoms with van der Waals surface area (Å²) >= 11 is 0. The van der Waals surface area contributed by atoms with E-state index in [-0.39, 0.29) is 6.42 Å². The first-order valence-corrected chi connectivity index (χ1v) is 7.77. The summed E-state index contributed by atoms with van der Waals surface area (Å²) < 4.78 is 11.6. The van der Waals surface area contributed by atoms with Crippen LogP contribution in [0.15, 0.2) is 60.7 Å². The Hall–Kier alpha value is -2.17. The lowest BCUT2D eigenvalue weighted by Gasteiger charge is -2.18. The molecule has 2 aromatic carbocycles. The molecule has 0 fully saturated rings. The summed E-state index contributed by atoms with van der Waals surface area (Å²) in [7, 11) is 0. The van der Waals surface area contributed by atoms with Crippen molar-refractivity contribution in [1.29, 1.82) is 0 Å². The number of carboxylic acid groups (broad SMARTS) is 1. The molecule has 0 aliphatic rings. The van der Waals surface area contributed by atoms with Crippen molar-refractivity contribution in [2.24, 2.45) is 0 Å². The molecule has 4 heteroatoms. The van der Waals surface area contributed by atoms with E-state index in [4.69, 9.17) is 14.6 Å². The van der Waals surface area contributed by atoms with Crippen LogP contribution in [-0.4, -0.2) is 17.4 Å². The monoisotopic (exact) mass is 314 g/mol. The highest BCUT2D eigenvalue weighted by Crippen LogP contribution is 2.13. The topological polar surface area (TPSA) is 55.8 Å². The first-order chi connectivity index (χ1) is 11.2. The number of aliphatic carboxylic acids is 1. The standard InChI is InChI=1S/C19H22O4/c20-18(21)12-7-13-19(22-14-16-8-3-1-4-9-16)23-15-17-10-5-2-6-11-17/h1-6,8-11,19H,7,12-15H2,(H,20,21). The maximum atomic E-state index is 10.7. The van der Waals surface area contributed by atoms with Crippen molar-refractivity contribution >= 4 is 5.97 Å². The molecule has 0 saturated carbocycles. The predicted octanol–water partition coefficient (Wildman–Crippen LogP) is 4.00. The van der Waals surface area contributed by atoms with Gasteiger partial charge in [0.05, 0.1) is 13.2 Å². The lowest BCUT2D eigenvalue weighted by atomic mass is 10.2. The first kappa shape index (κ1) is 17.2. The lowest BCUT2D eigenvalue weighted by molar-refractivity contribution is -0.161. The number of carboxylic acids is 1. The van der Waals surface area contributed by atoms with Crippen LogP contribution in [0.4, 0.5) is 0 Å². The second kappa shape index (κ2) is 9.77. The van der Waals surface area contributed by atoms with Crippen molar-refractivity contribution in [2.45, 2.75) is 38.8 Å². The Morgan fingerprint density at radius 2 is 1.35 bits per heavy atom. The van der Waals surface area contributed by atoms with Gasteiger partial charge in [-0.15, -0.1) is 0 Å². The quantitative estimate of drug-likeness (QED) is 0.673. The van der Waals surface area contributed by atoms with E-state index < -0.39 is 12.3 Å². The van der Waals surface area contributed by atoms with Gasteiger partial charge in [0.25, 0.3) is 0 Å². The summed E-state index contributed by atoms with van der Waals surface area (Å²) in [5, 5.41) is 8.76. The van der Waals surface area contributed by atoms with Gasteiger partial charge < -0.3 is 14.6 Å². The molecule has 0 heterocycles. The molecule has 23 heavy (non-hydrogen) atoms. The summed E-state index contributed by atoms with van der Waals surface area (Å²) in [6.45, 7) is 0.904. The van der Waals surface area contributed by atoms with Crippen LogP contribution in [0.5, 0.6) is 0 Å². The molecule has 122 valence electrons. The molecule has 1 N–H and O–H groups in total. The maximum absolute atomic E-state index is 10.7. The average molecular weight is 314 g/mol. The highest BCUT2D eigenvalue weighted by atomic mass is 16.7. The highest BCUT2D eigenvalue weighted by molar-refractivity contribution is 5.66. The Kier molecular flexibility index (Phi) is 7.30. The molecule has 0 unspecified atom stereocenters. The van der Waals surface area contributed by atoms with E-state index in [1.165, 1.54) is 0 Å². The number of benzene rings is 2. The minimum atomic E-state index is -0.796. The molecule has 2 aromatic rings. The molecule has 0 saturated heterocycles. The molecular weight excluding hydrogens is 292 g/mol. The van der Waals surface area contributed by atoms with Crippen LogP contribution >= 0.6 is 0 Å². The minimum absolute atomic E-state index is 0.125. The fourth-order valence-electron chi connectivity index (χ4n) is 2.16. The van der Waals surface area contributed by atoms with E-state index in [1.807, 2.05) is 60.7 Å². The van der Waals surface area contributed by atoms with Gasteiger partial charge in [0.1, 0.15) is 0 Å². The Morgan fingerprint density at radius 1 is 0.870 bits per heavy atom. The van der Waals surface area contributed by atoms with E-state index in [0.29, 0.717) is 26.1 Å². The van der Waals surface area contributed by atoms with E-state index in [2.05, 4.69) is 0 Å². The van der Waals surface area contributed by atoms with Gasteiger partial charge >= 0.3 is 5.97 Å². The molecule has 0 amide bonds. The lowest BCUT2D eigenvalue weighted by Crippen LogP contribution is -2.17. The van der Waals surface area contributed by atoms with E-state index in [1.54, 1.807) is 0 Å². The van der Waals surface area contributed by atoms with Crippen molar-refractivity contribution in [3.8, 4) is 0 Å². The fraction of sp³-hybridized carbons (Fsp3) is 0.316. The molecule has 0 aliphatic carbocycles. The van der Waals surface area contributed by atoms with Crippen LogP contribution < -0.4 is 0 Å². The number of carbonyl (C=O) groups is 1. The highest BCUT2D eigenvalue weighted by Gasteiger charge is 2.11. The molecule has 4 nitrogen and oxygen atoms in total. The third-order valence-corrected chi connectivity index (χ3v) is 3.39. The van der Waals surface area contributed by atoms with Crippen molar-refractivity contribution in [3.05, 3.63) is 71.8 Å². The van der Waals surface area contributed by atoms with Crippen molar-refractivity contribution in [2.75, 3.05) is 0 Å². The molecule has 0 atom stereocenters. The molecule has 0 aliphatic heterocycles. The number of rotatable bonds is 10. The van der Waals surface area contributed by atoms with E-state index in [0.717, 1.165) is 11.1 Å². The third kappa shape index (κ3) is 7.08. The van der Waals surface area contributed by atoms with Gasteiger partial charge in [-0.1, -0.05) is 60.7 Å². The summed E-state index contributed by atoms with van der Waals surface area (Å²) in [5.74, 6) is -0.796. The maximum Gasteiger partial charge on any atom is 0.303 e. The first-order valence-electron chi connectivity index (χ1n) is 7.77. The predicted molar refractivity (Wildman–Crippen MR) is 87.7 cm³/mol. The molecular formula is C19H22O4. The normalized spacial score (nSPS) is 10.8. The van der Waals surface area contributed by atoms with Crippen molar-refractivity contribution in [1.82, 2.24) is 0 Å². The average Bonchev–Trinajstić information content (AvgIpc) is 2.58. The zero-order valence-electron chi connectivity index (χ0n) is 13.1. The number of hydrogen-bond donors (Lipinski definition) is 1. The zero-order valence-corrected chi connectivity index (χ0v) is 13.1. The molecule has 0 spiro atoms. The van der Waals surface area contributed by atoms with Gasteiger partial charge in [0.15, 0.2) is 6.29 Å². The largest absolute Gasteiger partial charge is 0.481 e. The summed E-state index contributed by atoms with van der Waals surface area (Å²) in [4.78, 5) is 10.7. The molecule has 0 radical (unpaired) electrons. The SMILES string of the molecule is O=C(O)CCCC(OCc1ccccc1)OCc1ccccc1. The van der Waals surface area contributed by atoms with Gasteiger partial charge in [0, 0.05) is 6.42 Å². The summed E-state index contributed by atoms with van der Waals surface area (Å²) in [5.41, 5.74) is 2.14. The zero-order chi connectivity index (χ0) is 16.3. The molecule has 0 bridgehead atoms. The third-order valence-electron chi connectivity index (χ3n) is 3.39. The van der Waals surface area contributed by atoms with Crippen molar-refractivity contribution < 1.29 is 19.4 Å². The molecule has 2 rings (SSSR count). The van der Waals surface area contributed by atoms with Gasteiger partial charge in [-0.25, -0.2) is 0 Å². The number of ether oxygens (including phenoxy) is 2. The van der Waals surface area contributed by atoms with Gasteiger partial charge in [-0.05, 0) is 24.0 Å². The van der Waals surface area contributed by atoms with Crippen molar-refractivity contribution in [3.63, 3.8) is 0 Å². The van der Waals surface area contributed by atoms with Crippen LogP contribution in [0.25, 0.3) is 0 Å². The Balaban J connectivity index is 1.84. The second-order valence-electron chi connectivity index (χ2n) is 5.31. The number of hydrogen-bond acceptors (Lipinski definition) is 3. The van der Waals surface area contributed by atoms with E-state index >= 15 is 0 Å². The van der Waals surface area contributed by atoms with Crippen LogP contribution in [0.1, 0.15) is 30.4 Å².